The van der Waals surface area contributed by atoms with Gasteiger partial charge in [-0.2, -0.15) is 0 Å². The molecule has 186 valence electrons. The van der Waals surface area contributed by atoms with Crippen molar-refractivity contribution < 1.29 is 23.5 Å². The number of carbonyl (C=O) groups is 3. The molecule has 3 fully saturated rings. The predicted molar refractivity (Wildman–Crippen MR) is 127 cm³/mol. The van der Waals surface area contributed by atoms with Gasteiger partial charge in [-0.05, 0) is 62.8 Å². The third-order valence-electron chi connectivity index (χ3n) is 7.12. The van der Waals surface area contributed by atoms with Crippen molar-refractivity contribution in [3.63, 3.8) is 0 Å². The Morgan fingerprint density at radius 3 is 2.54 bits per heavy atom. The van der Waals surface area contributed by atoms with E-state index in [0.29, 0.717) is 24.4 Å². The number of oxazole rings is 1. The first-order valence-corrected chi connectivity index (χ1v) is 12.5. The van der Waals surface area contributed by atoms with Gasteiger partial charge < -0.3 is 19.4 Å². The summed E-state index contributed by atoms with van der Waals surface area (Å²) in [5.74, 6) is 2.31. The standard InChI is InChI=1S/C19H22N2O4.C7H10N2O/c22-17-9-8-16(18(23)20-17)21-11-12-10-14(6-7-15(12)19(21)24)25-13-4-2-1-3-5-13;1-5-2-9-7(10-5)6-3-8-4-6/h6-7,10,13,16H,1-5,8-9,11H2,(H,20,22,23);2,6,8H,3-4H2,1H3. The number of fused-ring (bicyclic) bond motifs is 1. The van der Waals surface area contributed by atoms with E-state index in [4.69, 9.17) is 9.15 Å². The number of imide groups is 1. The molecule has 1 saturated carbocycles. The molecule has 1 unspecified atom stereocenters. The van der Waals surface area contributed by atoms with Crippen molar-refractivity contribution in [2.45, 2.75) is 76.5 Å². The Balaban J connectivity index is 0.000000211. The summed E-state index contributed by atoms with van der Waals surface area (Å²) in [6, 6.07) is 5.00. The Morgan fingerprint density at radius 2 is 1.89 bits per heavy atom. The number of aryl methyl sites for hydroxylation is 1. The maximum atomic E-state index is 12.6. The second-order valence-corrected chi connectivity index (χ2v) is 9.76. The van der Waals surface area contributed by atoms with Crippen LogP contribution in [0.4, 0.5) is 0 Å². The number of amides is 3. The fraction of sp³-hybridized carbons (Fsp3) is 0.538. The summed E-state index contributed by atoms with van der Waals surface area (Å²) in [7, 11) is 0. The first-order chi connectivity index (χ1) is 17.0. The Labute approximate surface area is 204 Å². The monoisotopic (exact) mass is 480 g/mol. The molecule has 1 aromatic carbocycles. The van der Waals surface area contributed by atoms with E-state index in [9.17, 15) is 14.4 Å². The van der Waals surface area contributed by atoms with Crippen molar-refractivity contribution in [1.82, 2.24) is 20.5 Å². The highest BCUT2D eigenvalue weighted by molar-refractivity contribution is 6.05. The van der Waals surface area contributed by atoms with Crippen LogP contribution in [0.15, 0.2) is 28.8 Å². The summed E-state index contributed by atoms with van der Waals surface area (Å²) < 4.78 is 11.4. The number of piperidine rings is 1. The molecule has 1 atom stereocenters. The highest BCUT2D eigenvalue weighted by Gasteiger charge is 2.39. The van der Waals surface area contributed by atoms with Gasteiger partial charge in [0, 0.05) is 31.6 Å². The average Bonchev–Trinajstić information content (AvgIpc) is 3.37. The highest BCUT2D eigenvalue weighted by Crippen LogP contribution is 2.31. The molecule has 9 heteroatoms. The molecule has 0 bridgehead atoms. The molecule has 9 nitrogen and oxygen atoms in total. The minimum Gasteiger partial charge on any atom is -0.490 e. The maximum Gasteiger partial charge on any atom is 0.255 e. The molecule has 35 heavy (non-hydrogen) atoms. The molecular formula is C26H32N4O5. The molecule has 0 radical (unpaired) electrons. The molecular weight excluding hydrogens is 448 g/mol. The number of benzene rings is 1. The molecule has 3 amide bonds. The molecule has 6 rings (SSSR count). The third kappa shape index (κ3) is 5.24. The van der Waals surface area contributed by atoms with Crippen LogP contribution in [0.1, 0.15) is 78.4 Å². The minimum absolute atomic E-state index is 0.145. The topological polar surface area (TPSA) is 114 Å². The van der Waals surface area contributed by atoms with Crippen molar-refractivity contribution in [2.24, 2.45) is 0 Å². The lowest BCUT2D eigenvalue weighted by Crippen LogP contribution is -2.52. The van der Waals surface area contributed by atoms with Crippen LogP contribution in [0.5, 0.6) is 5.75 Å². The number of nitrogens with one attached hydrogen (secondary N) is 2. The van der Waals surface area contributed by atoms with Crippen LogP contribution in [-0.4, -0.2) is 52.8 Å². The van der Waals surface area contributed by atoms with Gasteiger partial charge in [-0.25, -0.2) is 4.98 Å². The molecule has 3 aliphatic heterocycles. The van der Waals surface area contributed by atoms with Gasteiger partial charge >= 0.3 is 0 Å². The van der Waals surface area contributed by atoms with Crippen LogP contribution < -0.4 is 15.4 Å². The molecule has 1 aliphatic carbocycles. The Hall–Kier alpha value is -3.20. The van der Waals surface area contributed by atoms with Gasteiger partial charge in [-0.1, -0.05) is 6.42 Å². The molecule has 4 aliphatic rings. The number of ether oxygens (including phenoxy) is 1. The van der Waals surface area contributed by atoms with Gasteiger partial charge in [0.15, 0.2) is 5.89 Å². The largest absolute Gasteiger partial charge is 0.490 e. The fourth-order valence-electron chi connectivity index (χ4n) is 5.02. The van der Waals surface area contributed by atoms with Crippen LogP contribution in [-0.2, 0) is 16.1 Å². The van der Waals surface area contributed by atoms with Crippen LogP contribution in [0.3, 0.4) is 0 Å². The Morgan fingerprint density at radius 1 is 1.09 bits per heavy atom. The predicted octanol–water partition coefficient (Wildman–Crippen LogP) is 2.83. The van der Waals surface area contributed by atoms with E-state index in [1.165, 1.54) is 19.3 Å². The van der Waals surface area contributed by atoms with Gasteiger partial charge in [0.05, 0.1) is 18.2 Å². The fourth-order valence-corrected chi connectivity index (χ4v) is 5.02. The molecule has 1 aromatic heterocycles. The number of hydrogen-bond donors (Lipinski definition) is 2. The summed E-state index contributed by atoms with van der Waals surface area (Å²) in [4.78, 5) is 41.7. The minimum atomic E-state index is -0.569. The van der Waals surface area contributed by atoms with Crippen LogP contribution in [0, 0.1) is 6.92 Å². The molecule has 2 saturated heterocycles. The lowest BCUT2D eigenvalue weighted by molar-refractivity contribution is -0.136. The zero-order valence-corrected chi connectivity index (χ0v) is 20.0. The third-order valence-corrected chi connectivity index (χ3v) is 7.12. The summed E-state index contributed by atoms with van der Waals surface area (Å²) in [5, 5.41) is 5.49. The van der Waals surface area contributed by atoms with Gasteiger partial charge in [-0.3, -0.25) is 19.7 Å². The average molecular weight is 481 g/mol. The van der Waals surface area contributed by atoms with E-state index < -0.39 is 6.04 Å². The van der Waals surface area contributed by atoms with Gasteiger partial charge in [-0.15, -0.1) is 0 Å². The number of hydrogen-bond acceptors (Lipinski definition) is 7. The lowest BCUT2D eigenvalue weighted by Gasteiger charge is -2.29. The quantitative estimate of drug-likeness (QED) is 0.647. The first kappa shape index (κ1) is 23.5. The van der Waals surface area contributed by atoms with E-state index in [0.717, 1.165) is 48.9 Å². The lowest BCUT2D eigenvalue weighted by atomic mass is 9.98. The summed E-state index contributed by atoms with van der Waals surface area (Å²) in [5.41, 5.74) is 1.52. The molecule has 2 N–H and O–H groups in total. The highest BCUT2D eigenvalue weighted by atomic mass is 16.5. The van der Waals surface area contributed by atoms with Gasteiger partial charge in [0.25, 0.3) is 5.91 Å². The smallest absolute Gasteiger partial charge is 0.255 e. The molecule has 2 aromatic rings. The zero-order chi connectivity index (χ0) is 24.4. The SMILES string of the molecule is Cc1cnc(C2CNC2)o1.O=C1CCC(N2Cc3cc(OC4CCCCC4)ccc3C2=O)C(=O)N1. The summed E-state index contributed by atoms with van der Waals surface area (Å²) in [6.45, 7) is 4.34. The number of nitrogens with zero attached hydrogens (tertiary/aromatic N) is 2. The van der Waals surface area contributed by atoms with Crippen molar-refractivity contribution in [1.29, 1.82) is 0 Å². The Kier molecular flexibility index (Phi) is 6.86. The van der Waals surface area contributed by atoms with Crippen molar-refractivity contribution in [3.05, 3.63) is 47.2 Å². The van der Waals surface area contributed by atoms with Gasteiger partial charge in [0.2, 0.25) is 11.8 Å². The van der Waals surface area contributed by atoms with Gasteiger partial charge in [0.1, 0.15) is 17.6 Å². The number of rotatable bonds is 4. The maximum absolute atomic E-state index is 12.6. The van der Waals surface area contributed by atoms with E-state index in [1.807, 2.05) is 19.1 Å². The second-order valence-electron chi connectivity index (χ2n) is 9.76. The first-order valence-electron chi connectivity index (χ1n) is 12.5. The van der Waals surface area contributed by atoms with E-state index in [-0.39, 0.29) is 30.2 Å². The molecule has 4 heterocycles. The van der Waals surface area contributed by atoms with Crippen LogP contribution in [0.25, 0.3) is 0 Å². The van der Waals surface area contributed by atoms with Crippen LogP contribution in [0.2, 0.25) is 0 Å². The zero-order valence-electron chi connectivity index (χ0n) is 20.0. The van der Waals surface area contributed by atoms with E-state index in [2.05, 4.69) is 15.6 Å². The van der Waals surface area contributed by atoms with E-state index >= 15 is 0 Å². The van der Waals surface area contributed by atoms with Crippen molar-refractivity contribution in [2.75, 3.05) is 13.1 Å². The van der Waals surface area contributed by atoms with Crippen LogP contribution >= 0.6 is 0 Å². The van der Waals surface area contributed by atoms with Crippen molar-refractivity contribution in [3.8, 4) is 5.75 Å². The number of aromatic nitrogens is 1. The Bertz CT molecular complexity index is 1100. The summed E-state index contributed by atoms with van der Waals surface area (Å²) >= 11 is 0. The van der Waals surface area contributed by atoms with Crippen molar-refractivity contribution >= 4 is 17.7 Å². The normalized spacial score (nSPS) is 22.7. The second kappa shape index (κ2) is 10.2. The summed E-state index contributed by atoms with van der Waals surface area (Å²) in [6.07, 6.45) is 8.54. The number of carbonyl (C=O) groups excluding carboxylic acids is 3. The van der Waals surface area contributed by atoms with E-state index in [1.54, 1.807) is 17.2 Å². The molecule has 0 spiro atoms.